The van der Waals surface area contributed by atoms with Crippen molar-refractivity contribution in [1.82, 2.24) is 15.2 Å². The molecule has 6 heteroatoms. The summed E-state index contributed by atoms with van der Waals surface area (Å²) in [5, 5.41) is 4.08. The van der Waals surface area contributed by atoms with E-state index in [1.165, 1.54) is 0 Å². The number of carbonyl (C=O) groups is 2. The van der Waals surface area contributed by atoms with E-state index >= 15 is 0 Å². The predicted molar refractivity (Wildman–Crippen MR) is 109 cm³/mol. The predicted octanol–water partition coefficient (Wildman–Crippen LogP) is 3.54. The maximum atomic E-state index is 12.9. The lowest BCUT2D eigenvalue weighted by Gasteiger charge is -2.39. The smallest absolute Gasteiger partial charge is 0.243 e. The zero-order valence-corrected chi connectivity index (χ0v) is 17.7. The molecule has 2 aliphatic rings. The van der Waals surface area contributed by atoms with Crippen LogP contribution in [0, 0.1) is 19.8 Å². The van der Waals surface area contributed by atoms with Gasteiger partial charge in [-0.1, -0.05) is 12.5 Å². The highest BCUT2D eigenvalue weighted by molar-refractivity contribution is 7.11. The molecule has 3 heterocycles. The zero-order chi connectivity index (χ0) is 19.6. The molecule has 2 aliphatic heterocycles. The van der Waals surface area contributed by atoms with Gasteiger partial charge in [-0.25, -0.2) is 4.98 Å². The minimum atomic E-state index is 0.0104. The largest absolute Gasteiger partial charge is 0.352 e. The number of hydrogen-bond donors (Lipinski definition) is 1. The number of aryl methyl sites for hydroxylation is 2. The maximum absolute atomic E-state index is 12.9. The summed E-state index contributed by atoms with van der Waals surface area (Å²) in [6, 6.07) is 0.667. The Morgan fingerprint density at radius 2 is 1.93 bits per heavy atom. The third kappa shape index (κ3) is 4.78. The van der Waals surface area contributed by atoms with Crippen molar-refractivity contribution in [3.05, 3.63) is 27.2 Å². The maximum Gasteiger partial charge on any atom is 0.243 e. The molecule has 0 saturated carbocycles. The van der Waals surface area contributed by atoms with E-state index in [4.69, 9.17) is 0 Å². The van der Waals surface area contributed by atoms with E-state index in [0.29, 0.717) is 31.0 Å². The van der Waals surface area contributed by atoms with E-state index in [1.807, 2.05) is 20.8 Å². The van der Waals surface area contributed by atoms with E-state index in [-0.39, 0.29) is 11.8 Å². The summed E-state index contributed by atoms with van der Waals surface area (Å²) in [5.41, 5.74) is 2.09. The Bertz CT molecular complexity index is 726. The van der Waals surface area contributed by atoms with Crippen LogP contribution < -0.4 is 5.32 Å². The van der Waals surface area contributed by atoms with Gasteiger partial charge in [0.05, 0.1) is 17.1 Å². The molecule has 0 spiro atoms. The third-order valence-corrected chi connectivity index (χ3v) is 7.00. The minimum Gasteiger partial charge on any atom is -0.352 e. The van der Waals surface area contributed by atoms with Crippen LogP contribution in [0.5, 0.6) is 0 Å². The highest BCUT2D eigenvalue weighted by Gasteiger charge is 2.43. The Labute approximate surface area is 166 Å². The van der Waals surface area contributed by atoms with Crippen LogP contribution in [0.2, 0.25) is 0 Å². The SMILES string of the molecule is CCC(C)=CC(=O)NCC1C[C@H]2CC[C@@H](C1)N2C(=O)Cc1sc(C)nc1C. The number of thiazole rings is 1. The summed E-state index contributed by atoms with van der Waals surface area (Å²) in [6.45, 7) is 8.74. The van der Waals surface area contributed by atoms with Crippen LogP contribution in [0.15, 0.2) is 11.6 Å². The number of rotatable bonds is 6. The van der Waals surface area contributed by atoms with Crippen molar-refractivity contribution in [1.29, 1.82) is 0 Å². The van der Waals surface area contributed by atoms with Gasteiger partial charge < -0.3 is 10.2 Å². The molecule has 2 saturated heterocycles. The minimum absolute atomic E-state index is 0.0104. The van der Waals surface area contributed by atoms with E-state index in [1.54, 1.807) is 17.4 Å². The van der Waals surface area contributed by atoms with Gasteiger partial charge in [-0.05, 0) is 58.8 Å². The Hall–Kier alpha value is -1.69. The Morgan fingerprint density at radius 3 is 2.48 bits per heavy atom. The van der Waals surface area contributed by atoms with E-state index in [0.717, 1.165) is 53.3 Å². The molecule has 1 aromatic rings. The fourth-order valence-corrected chi connectivity index (χ4v) is 5.38. The number of amides is 2. The van der Waals surface area contributed by atoms with Gasteiger partial charge in [-0.2, -0.15) is 0 Å². The molecular formula is C21H31N3O2S. The van der Waals surface area contributed by atoms with E-state index < -0.39 is 0 Å². The highest BCUT2D eigenvalue weighted by Crippen LogP contribution is 2.39. The second-order valence-corrected chi connectivity index (χ2v) is 9.32. The summed E-state index contributed by atoms with van der Waals surface area (Å²) >= 11 is 1.64. The first-order valence-corrected chi connectivity index (χ1v) is 10.9. The van der Waals surface area contributed by atoms with Crippen molar-refractivity contribution in [3.8, 4) is 0 Å². The van der Waals surface area contributed by atoms with Gasteiger partial charge in [0, 0.05) is 29.6 Å². The van der Waals surface area contributed by atoms with Crippen LogP contribution in [0.1, 0.15) is 61.5 Å². The normalized spacial score (nSPS) is 25.0. The molecule has 0 aromatic carbocycles. The van der Waals surface area contributed by atoms with Crippen molar-refractivity contribution >= 4 is 23.2 Å². The Kier molecular flexibility index (Phi) is 6.35. The van der Waals surface area contributed by atoms with Gasteiger partial charge in [0.25, 0.3) is 0 Å². The molecule has 148 valence electrons. The molecule has 1 N–H and O–H groups in total. The topological polar surface area (TPSA) is 62.3 Å². The van der Waals surface area contributed by atoms with Gasteiger partial charge >= 0.3 is 0 Å². The lowest BCUT2D eigenvalue weighted by molar-refractivity contribution is -0.135. The summed E-state index contributed by atoms with van der Waals surface area (Å²) in [6.07, 6.45) is 7.27. The monoisotopic (exact) mass is 389 g/mol. The second-order valence-electron chi connectivity index (χ2n) is 8.03. The van der Waals surface area contributed by atoms with E-state index in [9.17, 15) is 9.59 Å². The first kappa shape index (κ1) is 20.1. The molecular weight excluding hydrogens is 358 g/mol. The van der Waals surface area contributed by atoms with Gasteiger partial charge in [0.2, 0.25) is 11.8 Å². The Balaban J connectivity index is 1.55. The lowest BCUT2D eigenvalue weighted by atomic mass is 9.90. The third-order valence-electron chi connectivity index (χ3n) is 5.93. The quantitative estimate of drug-likeness (QED) is 0.757. The zero-order valence-electron chi connectivity index (χ0n) is 16.9. The van der Waals surface area contributed by atoms with E-state index in [2.05, 4.69) is 22.1 Å². The van der Waals surface area contributed by atoms with Gasteiger partial charge in [-0.15, -0.1) is 11.3 Å². The van der Waals surface area contributed by atoms with Crippen LogP contribution in [-0.4, -0.2) is 40.3 Å². The van der Waals surface area contributed by atoms with Crippen LogP contribution >= 0.6 is 11.3 Å². The molecule has 5 nitrogen and oxygen atoms in total. The van der Waals surface area contributed by atoms with Gasteiger partial charge in [0.1, 0.15) is 0 Å². The van der Waals surface area contributed by atoms with Crippen LogP contribution in [0.3, 0.4) is 0 Å². The number of hydrogen-bond acceptors (Lipinski definition) is 4. The molecule has 1 aromatic heterocycles. The number of nitrogens with zero attached hydrogens (tertiary/aromatic N) is 2. The number of fused-ring (bicyclic) bond motifs is 2. The first-order valence-electron chi connectivity index (χ1n) is 10.1. The van der Waals surface area contributed by atoms with Crippen molar-refractivity contribution in [3.63, 3.8) is 0 Å². The molecule has 27 heavy (non-hydrogen) atoms. The molecule has 0 aliphatic carbocycles. The van der Waals surface area contributed by atoms with Crippen LogP contribution in [-0.2, 0) is 16.0 Å². The average molecular weight is 390 g/mol. The number of carbonyl (C=O) groups excluding carboxylic acids is 2. The fourth-order valence-electron chi connectivity index (χ4n) is 4.45. The van der Waals surface area contributed by atoms with Crippen LogP contribution in [0.25, 0.3) is 0 Å². The summed E-state index contributed by atoms with van der Waals surface area (Å²) in [4.78, 5) is 32.6. The molecule has 0 radical (unpaired) electrons. The summed E-state index contributed by atoms with van der Waals surface area (Å²) < 4.78 is 0. The average Bonchev–Trinajstić information content (AvgIpc) is 3.08. The summed E-state index contributed by atoms with van der Waals surface area (Å²) in [7, 11) is 0. The number of allylic oxidation sites excluding steroid dienone is 1. The molecule has 2 fully saturated rings. The standard InChI is InChI=1S/C21H31N3O2S/c1-5-13(2)8-20(25)22-12-16-9-17-6-7-18(10-16)24(17)21(26)11-19-14(3)23-15(4)27-19/h8,16-18H,5-7,9-12H2,1-4H3,(H,22,25)/t16?,17-,18+. The van der Waals surface area contributed by atoms with Crippen molar-refractivity contribution in [2.75, 3.05) is 6.54 Å². The van der Waals surface area contributed by atoms with Crippen molar-refractivity contribution in [2.24, 2.45) is 5.92 Å². The number of aromatic nitrogens is 1. The van der Waals surface area contributed by atoms with Gasteiger partial charge in [-0.3, -0.25) is 9.59 Å². The molecule has 2 bridgehead atoms. The number of piperidine rings is 1. The molecule has 3 atom stereocenters. The Morgan fingerprint density at radius 1 is 1.26 bits per heavy atom. The first-order chi connectivity index (χ1) is 12.9. The number of nitrogens with one attached hydrogen (secondary N) is 1. The van der Waals surface area contributed by atoms with Gasteiger partial charge in [0.15, 0.2) is 0 Å². The lowest BCUT2D eigenvalue weighted by Crippen LogP contribution is -2.48. The molecule has 3 rings (SSSR count). The fraction of sp³-hybridized carbons (Fsp3) is 0.667. The molecule has 1 unspecified atom stereocenters. The van der Waals surface area contributed by atoms with Crippen molar-refractivity contribution in [2.45, 2.75) is 78.3 Å². The van der Waals surface area contributed by atoms with Crippen molar-refractivity contribution < 1.29 is 9.59 Å². The van der Waals surface area contributed by atoms with Crippen LogP contribution in [0.4, 0.5) is 0 Å². The highest BCUT2D eigenvalue weighted by atomic mass is 32.1. The second kappa shape index (κ2) is 8.55. The molecule has 2 amide bonds. The summed E-state index contributed by atoms with van der Waals surface area (Å²) in [5.74, 6) is 0.729.